The van der Waals surface area contributed by atoms with E-state index in [1.165, 1.54) is 91.5 Å². The van der Waals surface area contributed by atoms with Gasteiger partial charge in [0, 0.05) is 12.1 Å². The fourth-order valence-electron chi connectivity index (χ4n) is 7.21. The maximum atomic E-state index is 13.5. The molecule has 2 aliphatic rings. The Morgan fingerprint density at radius 3 is 2.22 bits per heavy atom. The predicted octanol–water partition coefficient (Wildman–Crippen LogP) is 6.24. The number of benzene rings is 3. The van der Waals surface area contributed by atoms with E-state index in [1.807, 2.05) is 0 Å². The zero-order valence-electron chi connectivity index (χ0n) is 32.7. The normalized spacial score (nSPS) is 17.8. The number of anilines is 1. The van der Waals surface area contributed by atoms with Gasteiger partial charge in [-0.25, -0.2) is 46.4 Å². The van der Waals surface area contributed by atoms with Gasteiger partial charge in [-0.05, 0) is 74.6 Å². The molecule has 59 heavy (non-hydrogen) atoms. The summed E-state index contributed by atoms with van der Waals surface area (Å²) in [5.41, 5.74) is 1.80. The van der Waals surface area contributed by atoms with Crippen LogP contribution in [0.25, 0.3) is 10.9 Å². The van der Waals surface area contributed by atoms with Crippen molar-refractivity contribution in [2.45, 2.75) is 105 Å². The molecule has 0 atom stereocenters. The first-order chi connectivity index (χ1) is 28.2. The SMILES string of the molecule is CCCCCCCCCCOC(=O)c1cccc(S(=O)(=O)Nc2cccc(S(=O)(=O)NC3CCC4(CC3)NN4C(=O)n3ncc4c([N+](=O)[O-])cc(C(=O)OC)cc43)c2)c1. The maximum Gasteiger partial charge on any atom is 0.361 e. The Morgan fingerprint density at radius 1 is 0.881 bits per heavy atom. The lowest BCUT2D eigenvalue weighted by Gasteiger charge is -2.27. The van der Waals surface area contributed by atoms with Crippen LogP contribution in [0.2, 0.25) is 0 Å². The van der Waals surface area contributed by atoms with Crippen molar-refractivity contribution >= 4 is 60.3 Å². The molecule has 0 unspecified atom stereocenters. The van der Waals surface area contributed by atoms with Crippen molar-refractivity contribution in [2.24, 2.45) is 0 Å². The van der Waals surface area contributed by atoms with Crippen molar-refractivity contribution in [1.82, 2.24) is 24.9 Å². The molecule has 1 saturated heterocycles. The number of hydrogen-bond donors (Lipinski definition) is 3. The minimum atomic E-state index is -4.23. The van der Waals surface area contributed by atoms with E-state index in [4.69, 9.17) is 9.47 Å². The lowest BCUT2D eigenvalue weighted by Crippen LogP contribution is -2.41. The number of nitro benzene ring substituents is 1. The van der Waals surface area contributed by atoms with Crippen LogP contribution in [0.1, 0.15) is 105 Å². The van der Waals surface area contributed by atoms with E-state index in [1.54, 1.807) is 0 Å². The average Bonchev–Trinajstić information content (AvgIpc) is 3.75. The number of nitro groups is 1. The number of methoxy groups -OCH3 is 1. The highest BCUT2D eigenvalue weighted by Crippen LogP contribution is 2.41. The first-order valence-corrected chi connectivity index (χ1v) is 22.4. The number of hydrogen-bond acceptors (Lipinski definition) is 13. The molecule has 1 aromatic heterocycles. The summed E-state index contributed by atoms with van der Waals surface area (Å²) in [6, 6.07) is 12.0. The molecule has 3 N–H and O–H groups in total. The van der Waals surface area contributed by atoms with Gasteiger partial charge in [0.1, 0.15) is 5.66 Å². The standard InChI is InChI=1S/C39H47N7O11S2/c1-3-4-5-6-7-8-9-10-21-57-37(48)27-13-11-15-31(22-27)58(52,53)42-30-14-12-16-32(25-30)59(54,55)41-29-17-19-39(20-18-29)43-45(39)38(49)44-34-23-28(36(47)56-2)24-35(46(50)51)33(34)26-40-44/h11-16,22-26,29,41-43H,3-10,17-21H2,1-2H3. The van der Waals surface area contributed by atoms with Gasteiger partial charge in [0.25, 0.3) is 15.7 Å². The Bertz CT molecular complexity index is 2450. The lowest BCUT2D eigenvalue weighted by atomic mass is 9.89. The highest BCUT2D eigenvalue weighted by molar-refractivity contribution is 7.92. The predicted molar refractivity (Wildman–Crippen MR) is 215 cm³/mol. The smallest absolute Gasteiger partial charge is 0.361 e. The van der Waals surface area contributed by atoms with Gasteiger partial charge in [0.2, 0.25) is 10.0 Å². The number of nitrogens with one attached hydrogen (secondary N) is 3. The third-order valence-electron chi connectivity index (χ3n) is 10.5. The van der Waals surface area contributed by atoms with Gasteiger partial charge in [-0.3, -0.25) is 14.8 Å². The van der Waals surface area contributed by atoms with Crippen LogP contribution in [-0.4, -0.2) is 79.9 Å². The molecule has 20 heteroatoms. The number of aromatic nitrogens is 2. The van der Waals surface area contributed by atoms with Crippen LogP contribution in [0.3, 0.4) is 0 Å². The number of carbonyl (C=O) groups excluding carboxylic acids is 3. The Balaban J connectivity index is 1.02. The van der Waals surface area contributed by atoms with Crippen LogP contribution >= 0.6 is 0 Å². The van der Waals surface area contributed by atoms with E-state index in [2.05, 4.69) is 26.9 Å². The first-order valence-electron chi connectivity index (χ1n) is 19.5. The summed E-state index contributed by atoms with van der Waals surface area (Å²) < 4.78 is 69.8. The Kier molecular flexibility index (Phi) is 13.3. The van der Waals surface area contributed by atoms with Crippen molar-refractivity contribution in [2.75, 3.05) is 18.4 Å². The molecule has 2 fully saturated rings. The quantitative estimate of drug-likeness (QED) is 0.0330. The van der Waals surface area contributed by atoms with Gasteiger partial charge in [-0.15, -0.1) is 0 Å². The molecule has 316 valence electrons. The van der Waals surface area contributed by atoms with E-state index in [-0.39, 0.29) is 44.1 Å². The summed E-state index contributed by atoms with van der Waals surface area (Å²) in [5.74, 6) is -1.46. The van der Waals surface area contributed by atoms with Gasteiger partial charge >= 0.3 is 18.0 Å². The topological polar surface area (TPSA) is 248 Å². The fraction of sp³-hybridized carbons (Fsp3) is 0.436. The number of esters is 2. The van der Waals surface area contributed by atoms with E-state index >= 15 is 0 Å². The molecule has 1 spiro atoms. The number of nitrogens with zero attached hydrogens (tertiary/aromatic N) is 4. The van der Waals surface area contributed by atoms with Crippen LogP contribution in [0, 0.1) is 10.1 Å². The number of fused-ring (bicyclic) bond motifs is 1. The second-order valence-corrected chi connectivity index (χ2v) is 18.1. The van der Waals surface area contributed by atoms with Crippen LogP contribution in [-0.2, 0) is 29.5 Å². The number of amides is 1. The first kappa shape index (κ1) is 43.1. The molecule has 0 bridgehead atoms. The number of rotatable bonds is 18. The lowest BCUT2D eigenvalue weighted by molar-refractivity contribution is -0.383. The molecule has 1 aliphatic carbocycles. The highest BCUT2D eigenvalue weighted by Gasteiger charge is 2.57. The Morgan fingerprint density at radius 2 is 1.54 bits per heavy atom. The second kappa shape index (κ2) is 18.2. The Hall–Kier alpha value is -5.44. The molecule has 18 nitrogen and oxygen atoms in total. The summed E-state index contributed by atoms with van der Waals surface area (Å²) in [7, 11) is -7.23. The molecular weight excluding hydrogens is 807 g/mol. The van der Waals surface area contributed by atoms with E-state index < -0.39 is 60.3 Å². The summed E-state index contributed by atoms with van der Waals surface area (Å²) >= 11 is 0. The molecule has 3 aromatic carbocycles. The van der Waals surface area contributed by atoms with Crippen LogP contribution in [0.5, 0.6) is 0 Å². The van der Waals surface area contributed by atoms with Crippen LogP contribution in [0.15, 0.2) is 76.7 Å². The van der Waals surface area contributed by atoms with Crippen LogP contribution < -0.4 is 14.9 Å². The molecule has 4 aromatic rings. The van der Waals surface area contributed by atoms with Gasteiger partial charge in [0.15, 0.2) is 0 Å². The number of ether oxygens (including phenoxy) is 2. The molecule has 1 saturated carbocycles. The maximum absolute atomic E-state index is 13.5. The zero-order valence-corrected chi connectivity index (χ0v) is 34.3. The van der Waals surface area contributed by atoms with E-state index in [9.17, 15) is 41.3 Å². The average molecular weight is 854 g/mol. The summed E-state index contributed by atoms with van der Waals surface area (Å²) in [6.45, 7) is 2.41. The molecule has 1 amide bonds. The molecule has 1 aliphatic heterocycles. The summed E-state index contributed by atoms with van der Waals surface area (Å²) in [4.78, 5) is 49.1. The fourth-order valence-corrected chi connectivity index (χ4v) is 9.65. The number of sulfonamides is 2. The molecule has 0 radical (unpaired) electrons. The van der Waals surface area contributed by atoms with Gasteiger partial charge < -0.3 is 9.47 Å². The van der Waals surface area contributed by atoms with Crippen molar-refractivity contribution < 1.29 is 45.6 Å². The van der Waals surface area contributed by atoms with Crippen LogP contribution in [0.4, 0.5) is 16.2 Å². The highest BCUT2D eigenvalue weighted by atomic mass is 32.2. The van der Waals surface area contributed by atoms with Crippen molar-refractivity contribution in [3.8, 4) is 0 Å². The number of carbonyl (C=O) groups is 3. The molecular formula is C39H47N7O11S2. The third-order valence-corrected chi connectivity index (χ3v) is 13.4. The minimum Gasteiger partial charge on any atom is -0.465 e. The third kappa shape index (κ3) is 10.1. The van der Waals surface area contributed by atoms with Gasteiger partial charge in [-0.1, -0.05) is 64.0 Å². The number of unbranched alkanes of at least 4 members (excludes halogenated alkanes) is 7. The van der Waals surface area contributed by atoms with Gasteiger partial charge in [-0.2, -0.15) is 9.78 Å². The largest absolute Gasteiger partial charge is 0.465 e. The Labute approximate surface area is 341 Å². The zero-order chi connectivity index (χ0) is 42.4. The molecule has 2 heterocycles. The van der Waals surface area contributed by atoms with Crippen molar-refractivity contribution in [1.29, 1.82) is 0 Å². The second-order valence-electron chi connectivity index (χ2n) is 14.7. The monoisotopic (exact) mass is 853 g/mol. The number of hydrazine groups is 1. The minimum absolute atomic E-state index is 0.00957. The molecule has 6 rings (SSSR count). The summed E-state index contributed by atoms with van der Waals surface area (Å²) in [5, 5.41) is 17.1. The van der Waals surface area contributed by atoms with E-state index in [0.29, 0.717) is 25.7 Å². The summed E-state index contributed by atoms with van der Waals surface area (Å²) in [6.07, 6.45) is 11.3. The van der Waals surface area contributed by atoms with E-state index in [0.717, 1.165) is 43.5 Å². The van der Waals surface area contributed by atoms with Crippen molar-refractivity contribution in [3.63, 3.8) is 0 Å². The van der Waals surface area contributed by atoms with Gasteiger partial charge in [0.05, 0.1) is 62.3 Å². The van der Waals surface area contributed by atoms with Crippen molar-refractivity contribution in [3.05, 3.63) is 88.1 Å². The number of non-ortho nitro benzene ring substituents is 1.